The summed E-state index contributed by atoms with van der Waals surface area (Å²) in [6.45, 7) is 16.8. The van der Waals surface area contributed by atoms with Crippen LogP contribution in [0.25, 0.3) is 77.0 Å². The minimum Gasteiger partial charge on any atom is -0.497 e. The Kier molecular flexibility index (Phi) is 15.9. The highest BCUT2D eigenvalue weighted by Gasteiger charge is 2.31. The van der Waals surface area contributed by atoms with Crippen molar-refractivity contribution in [3.8, 4) is 68.2 Å². The second-order valence-corrected chi connectivity index (χ2v) is 25.8. The molecule has 0 atom stereocenters. The van der Waals surface area contributed by atoms with Gasteiger partial charge in [-0.15, -0.1) is 0 Å². The Morgan fingerprint density at radius 1 is 0.573 bits per heavy atom. The number of rotatable bonds is 19. The van der Waals surface area contributed by atoms with E-state index in [0.717, 1.165) is 133 Å². The van der Waals surface area contributed by atoms with E-state index in [2.05, 4.69) is 104 Å². The lowest BCUT2D eigenvalue weighted by molar-refractivity contribution is 0.00395. The van der Waals surface area contributed by atoms with Crippen LogP contribution in [0.1, 0.15) is 51.7 Å². The molecule has 0 unspecified atom stereocenters. The van der Waals surface area contributed by atoms with Gasteiger partial charge in [-0.1, -0.05) is 95.5 Å². The Bertz CT molecular complexity index is 4460. The van der Waals surface area contributed by atoms with Gasteiger partial charge in [0.15, 0.2) is 11.5 Å². The van der Waals surface area contributed by atoms with Crippen molar-refractivity contribution in [1.29, 1.82) is 0 Å². The van der Waals surface area contributed by atoms with Gasteiger partial charge in [0.05, 0.1) is 26.6 Å². The Hall–Kier alpha value is -9.05. The lowest BCUT2D eigenvalue weighted by atomic mass is 9.94. The molecule has 12 aromatic rings. The topological polar surface area (TPSA) is 172 Å². The average Bonchev–Trinajstić information content (AvgIpc) is 2.95. The zero-order valence-electron chi connectivity index (χ0n) is 50.6. The van der Waals surface area contributed by atoms with Crippen LogP contribution in [0, 0.1) is 13.8 Å². The van der Waals surface area contributed by atoms with E-state index in [9.17, 15) is 4.79 Å². The number of aryl methyl sites for hydroxylation is 2. The number of fused-ring (bicyclic) bond motifs is 4. The van der Waals surface area contributed by atoms with Crippen molar-refractivity contribution in [2.45, 2.75) is 66.0 Å². The molecule has 1 N–H and O–H groups in total. The molecule has 14 rings (SSSR count). The van der Waals surface area contributed by atoms with E-state index in [4.69, 9.17) is 42.5 Å². The van der Waals surface area contributed by atoms with Crippen LogP contribution in [0.3, 0.4) is 0 Å². The largest absolute Gasteiger partial charge is 0.497 e. The van der Waals surface area contributed by atoms with Gasteiger partial charge < -0.3 is 42.7 Å². The van der Waals surface area contributed by atoms with Crippen molar-refractivity contribution < 1.29 is 37.3 Å². The summed E-state index contributed by atoms with van der Waals surface area (Å²) in [7, 11) is 3.30. The summed E-state index contributed by atoms with van der Waals surface area (Å²) in [5.74, 6) is 4.07. The van der Waals surface area contributed by atoms with E-state index >= 15 is 0 Å². The monoisotopic (exact) mass is 1230 g/mol. The second-order valence-electron chi connectivity index (χ2n) is 23.5. The number of benzene rings is 6. The fourth-order valence-electron chi connectivity index (χ4n) is 11.9. The van der Waals surface area contributed by atoms with Gasteiger partial charge in [-0.2, -0.15) is 10.2 Å². The maximum Gasteiger partial charge on any atom is 0.410 e. The fourth-order valence-corrected chi connectivity index (χ4v) is 13.4. The molecule has 1 amide bonds. The Balaban J connectivity index is 0.613. The van der Waals surface area contributed by atoms with Crippen molar-refractivity contribution in [2.24, 2.45) is 0 Å². The van der Waals surface area contributed by atoms with Crippen LogP contribution in [0.5, 0.6) is 23.0 Å². The Morgan fingerprint density at radius 3 is 1.65 bits per heavy atom. The third kappa shape index (κ3) is 12.7. The first kappa shape index (κ1) is 57.7. The number of amides is 1. The predicted octanol–water partition coefficient (Wildman–Crippen LogP) is 13.5. The molecule has 2 aliphatic rings. The Labute approximate surface area is 522 Å². The molecule has 18 nitrogen and oxygen atoms in total. The molecule has 6 aromatic carbocycles. The van der Waals surface area contributed by atoms with E-state index in [1.165, 1.54) is 33.8 Å². The van der Waals surface area contributed by atoms with Crippen LogP contribution in [-0.2, 0) is 37.5 Å². The second kappa shape index (κ2) is 24.5. The Morgan fingerprint density at radius 2 is 1.10 bits per heavy atom. The maximum absolute atomic E-state index is 14.1. The van der Waals surface area contributed by atoms with Crippen molar-refractivity contribution in [3.63, 3.8) is 0 Å². The summed E-state index contributed by atoms with van der Waals surface area (Å²) in [6.07, 6.45) is 3.87. The quantitative estimate of drug-likeness (QED) is 0.0810. The summed E-state index contributed by atoms with van der Waals surface area (Å²) < 4.78 is 47.4. The van der Waals surface area contributed by atoms with E-state index in [-0.39, 0.29) is 12.7 Å². The number of methoxy groups -OCH3 is 2. The van der Waals surface area contributed by atoms with Crippen LogP contribution in [-0.4, -0.2) is 122 Å². The van der Waals surface area contributed by atoms with Gasteiger partial charge >= 0.3 is 6.09 Å². The van der Waals surface area contributed by atoms with Gasteiger partial charge in [0.25, 0.3) is 0 Å². The first-order valence-electron chi connectivity index (χ1n) is 30.0. The summed E-state index contributed by atoms with van der Waals surface area (Å²) in [4.78, 5) is 31.9. The molecule has 2 fully saturated rings. The SMILES string of the molecule is COc1cc(COc2cccc(-c3ccc(CN4CCN(C(=O)OC(C)(C)Cc5ccc(-c6ccc(CN7CCNCC7)cc6)cc5OCc5cc(OC)cc6oc(-c7cn8nc(C)sc8n7)cc56)CC4)cc3)c2)c2cc(-c3cn4nc(C)sc4n3)oc2c1. The molecule has 89 heavy (non-hydrogen) atoms. The number of carbonyl (C=O) groups excluding carboxylic acids is 1. The average molecular weight is 1230 g/mol. The third-order valence-corrected chi connectivity index (χ3v) is 18.2. The minimum atomic E-state index is -0.869. The summed E-state index contributed by atoms with van der Waals surface area (Å²) in [5.41, 5.74) is 11.4. The van der Waals surface area contributed by atoms with Gasteiger partial charge in [-0.25, -0.2) is 23.8 Å². The van der Waals surface area contributed by atoms with Gasteiger partial charge in [0.1, 0.15) is 74.4 Å². The number of furan rings is 2. The van der Waals surface area contributed by atoms with E-state index in [1.807, 2.05) is 93.5 Å². The number of nitrogens with zero attached hydrogens (tertiary/aromatic N) is 9. The number of piperazine rings is 2. The minimum absolute atomic E-state index is 0.223. The first-order chi connectivity index (χ1) is 43.3. The molecule has 0 bridgehead atoms. The standard InChI is InChI=1S/C69H68N10O8S2/c1-43-73-78-39-59(71-66(78)88-43)64-34-57-52(29-55(81-5)32-62(57)85-64)41-83-54-9-7-8-49(28-54)47-14-10-46(11-15-47)38-76-24-26-77(27-25-76)68(80)87-69(3,4)36-51-19-18-50(48-16-12-45(13-17-48)37-75-22-20-70-21-23-75)31-61(51)84-42-53-30-56(82-6)33-63-58(53)35-65(86-63)60-40-79-67(72-60)89-44(2)74-79/h7-19,28-35,39-40,70H,20-27,36-38,41-42H2,1-6H3. The lowest BCUT2D eigenvalue weighted by Gasteiger charge is -2.36. The zero-order chi connectivity index (χ0) is 60.8. The third-order valence-electron chi connectivity index (χ3n) is 16.5. The highest BCUT2D eigenvalue weighted by Crippen LogP contribution is 2.38. The van der Waals surface area contributed by atoms with Crippen molar-refractivity contribution in [1.82, 2.24) is 49.2 Å². The van der Waals surface area contributed by atoms with Crippen molar-refractivity contribution in [3.05, 3.63) is 178 Å². The van der Waals surface area contributed by atoms with E-state index in [0.29, 0.717) is 71.7 Å². The highest BCUT2D eigenvalue weighted by molar-refractivity contribution is 7.16. The number of hydrogen-bond acceptors (Lipinski definition) is 17. The van der Waals surface area contributed by atoms with Crippen LogP contribution < -0.4 is 24.3 Å². The molecule has 2 aliphatic heterocycles. The first-order valence-corrected chi connectivity index (χ1v) is 31.6. The summed E-state index contributed by atoms with van der Waals surface area (Å²) in [6, 6.07) is 43.8. The molecule has 0 aliphatic carbocycles. The lowest BCUT2D eigenvalue weighted by Crippen LogP contribution is -2.50. The number of ether oxygens (including phenoxy) is 5. The smallest absolute Gasteiger partial charge is 0.410 e. The molecule has 6 aromatic heterocycles. The molecule has 0 radical (unpaired) electrons. The van der Waals surface area contributed by atoms with Gasteiger partial charge in [-0.05, 0) is 109 Å². The molecule has 2 saturated heterocycles. The predicted molar refractivity (Wildman–Crippen MR) is 346 cm³/mol. The molecule has 20 heteroatoms. The number of aromatic nitrogens is 6. The van der Waals surface area contributed by atoms with Crippen molar-refractivity contribution in [2.75, 3.05) is 66.6 Å². The van der Waals surface area contributed by atoms with Crippen LogP contribution in [0.4, 0.5) is 4.79 Å². The number of hydrogen-bond donors (Lipinski definition) is 1. The van der Waals surface area contributed by atoms with Crippen LogP contribution in [0.2, 0.25) is 0 Å². The van der Waals surface area contributed by atoms with E-state index < -0.39 is 5.60 Å². The summed E-state index contributed by atoms with van der Waals surface area (Å²) >= 11 is 3.07. The van der Waals surface area contributed by atoms with E-state index in [1.54, 1.807) is 23.3 Å². The molecule has 8 heterocycles. The van der Waals surface area contributed by atoms with Crippen LogP contribution >= 0.6 is 22.7 Å². The van der Waals surface area contributed by atoms with Gasteiger partial charge in [-0.3, -0.25) is 9.80 Å². The number of imidazole rings is 2. The highest BCUT2D eigenvalue weighted by atomic mass is 32.1. The van der Waals surface area contributed by atoms with Gasteiger partial charge in [0.2, 0.25) is 9.92 Å². The molecule has 454 valence electrons. The van der Waals surface area contributed by atoms with Gasteiger partial charge in [0, 0.05) is 106 Å². The fraction of sp³-hybridized carbons (Fsp3) is 0.290. The summed E-state index contributed by atoms with van der Waals surface area (Å²) in [5, 5.41) is 16.2. The zero-order valence-corrected chi connectivity index (χ0v) is 52.2. The molecular formula is C69H68N10O8S2. The van der Waals surface area contributed by atoms with Crippen molar-refractivity contribution >= 4 is 60.6 Å². The molecule has 0 spiro atoms. The number of carbonyl (C=O) groups is 1. The van der Waals surface area contributed by atoms with Crippen LogP contribution in [0.15, 0.2) is 149 Å². The normalized spacial score (nSPS) is 14.4. The molecule has 0 saturated carbocycles. The molecular weight excluding hydrogens is 1160 g/mol. The maximum atomic E-state index is 14.1. The number of nitrogens with one attached hydrogen (secondary N) is 1.